The molecule has 0 aromatic carbocycles. The lowest BCUT2D eigenvalue weighted by molar-refractivity contribution is 0.165. The predicted octanol–water partition coefficient (Wildman–Crippen LogP) is 1.73. The van der Waals surface area contributed by atoms with Crippen LogP contribution < -0.4 is 5.32 Å². The molecule has 1 N–H and O–H groups in total. The third-order valence-electron chi connectivity index (χ3n) is 3.97. The van der Waals surface area contributed by atoms with E-state index in [0.29, 0.717) is 6.04 Å². The van der Waals surface area contributed by atoms with E-state index >= 15 is 0 Å². The monoisotopic (exact) mass is 240 g/mol. The Morgan fingerprint density at radius 3 is 2.76 bits per heavy atom. The van der Waals surface area contributed by atoms with E-state index in [4.69, 9.17) is 4.74 Å². The molecule has 2 atom stereocenters. The van der Waals surface area contributed by atoms with E-state index in [0.717, 1.165) is 31.6 Å². The maximum atomic E-state index is 5.53. The summed E-state index contributed by atoms with van der Waals surface area (Å²) in [6.07, 6.45) is 5.35. The molecule has 1 aliphatic carbocycles. The SMILES string of the molecule is CCCNC(CN(C)CC1CC1)C1CCOC1. The second-order valence-corrected chi connectivity index (χ2v) is 5.85. The highest BCUT2D eigenvalue weighted by Gasteiger charge is 2.28. The highest BCUT2D eigenvalue weighted by atomic mass is 16.5. The Kier molecular flexibility index (Phi) is 5.26. The molecule has 3 nitrogen and oxygen atoms in total. The molecule has 0 amide bonds. The third-order valence-corrected chi connectivity index (χ3v) is 3.97. The molecule has 2 fully saturated rings. The minimum atomic E-state index is 0.626. The lowest BCUT2D eigenvalue weighted by Gasteiger charge is -2.28. The first kappa shape index (κ1) is 13.3. The second-order valence-electron chi connectivity index (χ2n) is 5.85. The van der Waals surface area contributed by atoms with Crippen LogP contribution in [0.5, 0.6) is 0 Å². The van der Waals surface area contributed by atoms with Gasteiger partial charge in [-0.15, -0.1) is 0 Å². The molecule has 0 bridgehead atoms. The zero-order valence-electron chi connectivity index (χ0n) is 11.5. The smallest absolute Gasteiger partial charge is 0.0510 e. The van der Waals surface area contributed by atoms with Gasteiger partial charge in [0.2, 0.25) is 0 Å². The maximum absolute atomic E-state index is 5.53. The summed E-state index contributed by atoms with van der Waals surface area (Å²) >= 11 is 0. The highest BCUT2D eigenvalue weighted by Crippen LogP contribution is 2.29. The van der Waals surface area contributed by atoms with Crippen molar-refractivity contribution in [3.63, 3.8) is 0 Å². The first-order chi connectivity index (χ1) is 8.29. The van der Waals surface area contributed by atoms with Crippen LogP contribution >= 0.6 is 0 Å². The van der Waals surface area contributed by atoms with Crippen molar-refractivity contribution in [1.82, 2.24) is 10.2 Å². The van der Waals surface area contributed by atoms with Gasteiger partial charge in [0.1, 0.15) is 0 Å². The van der Waals surface area contributed by atoms with Crippen molar-refractivity contribution in [2.24, 2.45) is 11.8 Å². The van der Waals surface area contributed by atoms with Crippen LogP contribution in [-0.2, 0) is 4.74 Å². The molecule has 0 aromatic rings. The number of hydrogen-bond acceptors (Lipinski definition) is 3. The van der Waals surface area contributed by atoms with Gasteiger partial charge in [-0.1, -0.05) is 6.92 Å². The molecule has 0 aromatic heterocycles. The molecule has 17 heavy (non-hydrogen) atoms. The first-order valence-electron chi connectivity index (χ1n) is 7.29. The fourth-order valence-electron chi connectivity index (χ4n) is 2.73. The summed E-state index contributed by atoms with van der Waals surface area (Å²) in [4.78, 5) is 2.52. The lowest BCUT2D eigenvalue weighted by atomic mass is 9.98. The highest BCUT2D eigenvalue weighted by molar-refractivity contribution is 4.84. The molecule has 3 heteroatoms. The number of likely N-dealkylation sites (N-methyl/N-ethyl adjacent to an activating group) is 1. The molecule has 1 heterocycles. The Bertz CT molecular complexity index is 212. The summed E-state index contributed by atoms with van der Waals surface area (Å²) in [7, 11) is 2.27. The molecule has 1 saturated heterocycles. The summed E-state index contributed by atoms with van der Waals surface area (Å²) in [5.41, 5.74) is 0. The molecule has 2 unspecified atom stereocenters. The van der Waals surface area contributed by atoms with Crippen LogP contribution in [0.25, 0.3) is 0 Å². The molecular weight excluding hydrogens is 212 g/mol. The van der Waals surface area contributed by atoms with Crippen LogP contribution in [-0.4, -0.2) is 50.8 Å². The van der Waals surface area contributed by atoms with E-state index in [1.54, 1.807) is 0 Å². The fourth-order valence-corrected chi connectivity index (χ4v) is 2.73. The molecule has 2 aliphatic rings. The Hall–Kier alpha value is -0.120. The number of rotatable bonds is 8. The number of nitrogens with one attached hydrogen (secondary N) is 1. The van der Waals surface area contributed by atoms with Crippen LogP contribution in [0.4, 0.5) is 0 Å². The maximum Gasteiger partial charge on any atom is 0.0510 e. The van der Waals surface area contributed by atoms with Crippen molar-refractivity contribution >= 4 is 0 Å². The normalized spacial score (nSPS) is 26.6. The lowest BCUT2D eigenvalue weighted by Crippen LogP contribution is -2.45. The van der Waals surface area contributed by atoms with E-state index in [-0.39, 0.29) is 0 Å². The average molecular weight is 240 g/mol. The molecular formula is C14H28N2O. The van der Waals surface area contributed by atoms with Gasteiger partial charge >= 0.3 is 0 Å². The van der Waals surface area contributed by atoms with E-state index < -0.39 is 0 Å². The van der Waals surface area contributed by atoms with Crippen LogP contribution in [0.3, 0.4) is 0 Å². The number of nitrogens with zero attached hydrogens (tertiary/aromatic N) is 1. The van der Waals surface area contributed by atoms with Gasteiger partial charge in [-0.2, -0.15) is 0 Å². The number of hydrogen-bond donors (Lipinski definition) is 1. The van der Waals surface area contributed by atoms with E-state index in [2.05, 4.69) is 24.2 Å². The van der Waals surface area contributed by atoms with Gasteiger partial charge in [0, 0.05) is 31.7 Å². The van der Waals surface area contributed by atoms with Crippen LogP contribution in [0.2, 0.25) is 0 Å². The van der Waals surface area contributed by atoms with Gasteiger partial charge < -0.3 is 15.0 Å². The van der Waals surface area contributed by atoms with E-state index in [1.165, 1.54) is 38.8 Å². The number of ether oxygens (including phenoxy) is 1. The van der Waals surface area contributed by atoms with E-state index in [9.17, 15) is 0 Å². The molecule has 2 rings (SSSR count). The summed E-state index contributed by atoms with van der Waals surface area (Å²) in [5, 5.41) is 3.71. The third kappa shape index (κ3) is 4.57. The van der Waals surface area contributed by atoms with Crippen molar-refractivity contribution in [2.45, 2.75) is 38.6 Å². The van der Waals surface area contributed by atoms with Crippen molar-refractivity contribution in [1.29, 1.82) is 0 Å². The second kappa shape index (κ2) is 6.72. The zero-order chi connectivity index (χ0) is 12.1. The predicted molar refractivity (Wildman–Crippen MR) is 71.2 cm³/mol. The van der Waals surface area contributed by atoms with Gasteiger partial charge in [0.05, 0.1) is 6.61 Å². The average Bonchev–Trinajstić information content (AvgIpc) is 2.96. The summed E-state index contributed by atoms with van der Waals surface area (Å²) < 4.78 is 5.53. The van der Waals surface area contributed by atoms with Crippen LogP contribution in [0.15, 0.2) is 0 Å². The topological polar surface area (TPSA) is 24.5 Å². The van der Waals surface area contributed by atoms with Crippen molar-refractivity contribution in [3.8, 4) is 0 Å². The Morgan fingerprint density at radius 1 is 1.35 bits per heavy atom. The quantitative estimate of drug-likeness (QED) is 0.699. The molecule has 0 radical (unpaired) electrons. The van der Waals surface area contributed by atoms with Crippen LogP contribution in [0.1, 0.15) is 32.6 Å². The Labute approximate surface area is 106 Å². The van der Waals surface area contributed by atoms with Gasteiger partial charge in [-0.3, -0.25) is 0 Å². The van der Waals surface area contributed by atoms with Crippen molar-refractivity contribution in [2.75, 3.05) is 39.9 Å². The zero-order valence-corrected chi connectivity index (χ0v) is 11.5. The summed E-state index contributed by atoms with van der Waals surface area (Å²) in [6.45, 7) is 7.77. The van der Waals surface area contributed by atoms with E-state index in [1.807, 2.05) is 0 Å². The van der Waals surface area contributed by atoms with Gasteiger partial charge in [-0.05, 0) is 45.2 Å². The first-order valence-corrected chi connectivity index (χ1v) is 7.29. The van der Waals surface area contributed by atoms with Gasteiger partial charge in [0.25, 0.3) is 0 Å². The molecule has 1 saturated carbocycles. The molecule has 0 spiro atoms. The summed E-state index contributed by atoms with van der Waals surface area (Å²) in [5.74, 6) is 1.72. The van der Waals surface area contributed by atoms with Crippen LogP contribution in [0, 0.1) is 11.8 Å². The van der Waals surface area contributed by atoms with Gasteiger partial charge in [-0.25, -0.2) is 0 Å². The largest absolute Gasteiger partial charge is 0.381 e. The minimum absolute atomic E-state index is 0.626. The summed E-state index contributed by atoms with van der Waals surface area (Å²) in [6, 6.07) is 0.626. The Morgan fingerprint density at radius 2 is 2.18 bits per heavy atom. The molecule has 100 valence electrons. The molecule has 1 aliphatic heterocycles. The Balaban J connectivity index is 1.75. The van der Waals surface area contributed by atoms with Gasteiger partial charge in [0.15, 0.2) is 0 Å². The minimum Gasteiger partial charge on any atom is -0.381 e. The van der Waals surface area contributed by atoms with Crippen molar-refractivity contribution in [3.05, 3.63) is 0 Å². The standard InChI is InChI=1S/C14H28N2O/c1-3-7-15-14(13-6-8-17-11-13)10-16(2)9-12-4-5-12/h12-15H,3-11H2,1-2H3. The van der Waals surface area contributed by atoms with Crippen molar-refractivity contribution < 1.29 is 4.74 Å². The fraction of sp³-hybridized carbons (Fsp3) is 1.00.